The molecular formula is C6H12N4. The van der Waals surface area contributed by atoms with Crippen LogP contribution in [0.3, 0.4) is 0 Å². The number of nitrogens with zero attached hydrogens (tertiary/aromatic N) is 2. The minimum Gasteiger partial charge on any atom is -0.337 e. The Morgan fingerprint density at radius 1 is 1.80 bits per heavy atom. The number of aromatic nitrogens is 2. The molecule has 0 aliphatic heterocycles. The van der Waals surface area contributed by atoms with Gasteiger partial charge in [0.2, 0.25) is 0 Å². The van der Waals surface area contributed by atoms with Crippen molar-refractivity contribution in [3.8, 4) is 0 Å². The van der Waals surface area contributed by atoms with Gasteiger partial charge in [-0.25, -0.2) is 4.98 Å². The first kappa shape index (κ1) is 7.24. The van der Waals surface area contributed by atoms with Gasteiger partial charge < -0.3 is 4.57 Å². The predicted octanol–water partition coefficient (Wildman–Crippen LogP) is -0.0556. The molecule has 0 fully saturated rings. The van der Waals surface area contributed by atoms with Crippen LogP contribution in [0.5, 0.6) is 0 Å². The Labute approximate surface area is 60.0 Å². The maximum absolute atomic E-state index is 5.23. The van der Waals surface area contributed by atoms with E-state index in [4.69, 9.17) is 5.84 Å². The number of aryl methyl sites for hydroxylation is 1. The van der Waals surface area contributed by atoms with E-state index in [1.54, 1.807) is 6.20 Å². The molecule has 1 rings (SSSR count). The van der Waals surface area contributed by atoms with Crippen LogP contribution in [-0.4, -0.2) is 9.55 Å². The molecule has 1 aromatic rings. The van der Waals surface area contributed by atoms with E-state index in [-0.39, 0.29) is 6.04 Å². The van der Waals surface area contributed by atoms with Crippen molar-refractivity contribution in [1.82, 2.24) is 15.0 Å². The normalized spacial score (nSPS) is 13.5. The molecule has 4 nitrogen and oxygen atoms in total. The van der Waals surface area contributed by atoms with Crippen LogP contribution in [0.15, 0.2) is 12.4 Å². The van der Waals surface area contributed by atoms with Crippen molar-refractivity contribution in [3.05, 3.63) is 18.2 Å². The molecule has 0 aromatic carbocycles. The molecule has 0 saturated heterocycles. The number of rotatable bonds is 2. The van der Waals surface area contributed by atoms with E-state index in [1.807, 2.05) is 24.7 Å². The van der Waals surface area contributed by atoms with Crippen molar-refractivity contribution >= 4 is 0 Å². The van der Waals surface area contributed by atoms with Gasteiger partial charge in [0.15, 0.2) is 0 Å². The number of hydrogen-bond acceptors (Lipinski definition) is 3. The zero-order chi connectivity index (χ0) is 7.56. The summed E-state index contributed by atoms with van der Waals surface area (Å²) in [5, 5.41) is 0. The highest BCUT2D eigenvalue weighted by atomic mass is 15.3. The molecule has 1 unspecified atom stereocenters. The van der Waals surface area contributed by atoms with E-state index in [0.717, 1.165) is 5.82 Å². The molecule has 0 amide bonds. The summed E-state index contributed by atoms with van der Waals surface area (Å²) in [6.07, 6.45) is 3.65. The van der Waals surface area contributed by atoms with Crippen molar-refractivity contribution in [2.75, 3.05) is 0 Å². The number of nitrogens with one attached hydrogen (secondary N) is 1. The second-order valence-corrected chi connectivity index (χ2v) is 2.28. The maximum Gasteiger partial charge on any atom is 0.126 e. The van der Waals surface area contributed by atoms with E-state index in [2.05, 4.69) is 10.4 Å². The first-order chi connectivity index (χ1) is 4.75. The number of hydrazine groups is 1. The van der Waals surface area contributed by atoms with Gasteiger partial charge >= 0.3 is 0 Å². The van der Waals surface area contributed by atoms with Crippen molar-refractivity contribution in [1.29, 1.82) is 0 Å². The molecule has 3 N–H and O–H groups in total. The van der Waals surface area contributed by atoms with Crippen LogP contribution in [0.4, 0.5) is 0 Å². The molecule has 0 radical (unpaired) electrons. The van der Waals surface area contributed by atoms with Crippen LogP contribution in [0.2, 0.25) is 0 Å². The highest BCUT2D eigenvalue weighted by Crippen LogP contribution is 2.05. The quantitative estimate of drug-likeness (QED) is 0.447. The number of hydrogen-bond donors (Lipinski definition) is 2. The van der Waals surface area contributed by atoms with Crippen molar-refractivity contribution in [2.45, 2.75) is 13.0 Å². The van der Waals surface area contributed by atoms with Gasteiger partial charge in [0.25, 0.3) is 0 Å². The molecule has 56 valence electrons. The SMILES string of the molecule is CC(NN)c1nccn1C. The standard InChI is InChI=1S/C6H12N4/c1-5(9-7)6-8-3-4-10(6)2/h3-5,9H,7H2,1-2H3. The summed E-state index contributed by atoms with van der Waals surface area (Å²) in [6, 6.07) is 0.111. The average molecular weight is 140 g/mol. The van der Waals surface area contributed by atoms with Crippen molar-refractivity contribution in [3.63, 3.8) is 0 Å². The summed E-state index contributed by atoms with van der Waals surface area (Å²) in [4.78, 5) is 4.11. The molecule has 1 atom stereocenters. The molecular weight excluding hydrogens is 128 g/mol. The van der Waals surface area contributed by atoms with Crippen LogP contribution in [-0.2, 0) is 7.05 Å². The highest BCUT2D eigenvalue weighted by molar-refractivity contribution is 4.95. The van der Waals surface area contributed by atoms with Gasteiger partial charge in [-0.2, -0.15) is 0 Å². The smallest absolute Gasteiger partial charge is 0.126 e. The molecule has 1 heterocycles. The lowest BCUT2D eigenvalue weighted by Crippen LogP contribution is -2.27. The zero-order valence-electron chi connectivity index (χ0n) is 6.20. The van der Waals surface area contributed by atoms with Crippen LogP contribution in [0, 0.1) is 0 Å². The lowest BCUT2D eigenvalue weighted by Gasteiger charge is -2.08. The Morgan fingerprint density at radius 3 is 2.90 bits per heavy atom. The third-order valence-electron chi connectivity index (χ3n) is 1.50. The molecule has 0 bridgehead atoms. The lowest BCUT2D eigenvalue weighted by molar-refractivity contribution is 0.550. The van der Waals surface area contributed by atoms with Crippen molar-refractivity contribution < 1.29 is 0 Å². The molecule has 10 heavy (non-hydrogen) atoms. The Hall–Kier alpha value is -0.870. The molecule has 4 heteroatoms. The fraction of sp³-hybridized carbons (Fsp3) is 0.500. The summed E-state index contributed by atoms with van der Waals surface area (Å²) in [5.41, 5.74) is 2.62. The maximum atomic E-state index is 5.23. The van der Waals surface area contributed by atoms with E-state index < -0.39 is 0 Å². The van der Waals surface area contributed by atoms with Crippen LogP contribution >= 0.6 is 0 Å². The lowest BCUT2D eigenvalue weighted by atomic mass is 10.3. The zero-order valence-corrected chi connectivity index (χ0v) is 6.20. The summed E-state index contributed by atoms with van der Waals surface area (Å²) < 4.78 is 1.94. The largest absolute Gasteiger partial charge is 0.337 e. The van der Waals surface area contributed by atoms with E-state index in [1.165, 1.54) is 0 Å². The Morgan fingerprint density at radius 2 is 2.50 bits per heavy atom. The summed E-state index contributed by atoms with van der Waals surface area (Å²) in [5.74, 6) is 6.18. The Bertz CT molecular complexity index is 205. The first-order valence-corrected chi connectivity index (χ1v) is 3.19. The van der Waals surface area contributed by atoms with Crippen molar-refractivity contribution in [2.24, 2.45) is 12.9 Å². The average Bonchev–Trinajstić information content (AvgIpc) is 2.34. The van der Waals surface area contributed by atoms with Crippen LogP contribution in [0.25, 0.3) is 0 Å². The fourth-order valence-electron chi connectivity index (χ4n) is 0.869. The van der Waals surface area contributed by atoms with Gasteiger partial charge in [0.1, 0.15) is 5.82 Å². The van der Waals surface area contributed by atoms with Gasteiger partial charge in [0, 0.05) is 19.4 Å². The third kappa shape index (κ3) is 1.17. The fourth-order valence-corrected chi connectivity index (χ4v) is 0.869. The van der Waals surface area contributed by atoms with E-state index in [0.29, 0.717) is 0 Å². The monoisotopic (exact) mass is 140 g/mol. The predicted molar refractivity (Wildman–Crippen MR) is 38.9 cm³/mol. The third-order valence-corrected chi connectivity index (χ3v) is 1.50. The van der Waals surface area contributed by atoms with Crippen LogP contribution in [0.1, 0.15) is 18.8 Å². The molecule has 1 aromatic heterocycles. The van der Waals surface area contributed by atoms with Gasteiger partial charge in [-0.1, -0.05) is 0 Å². The Balaban J connectivity index is 2.82. The van der Waals surface area contributed by atoms with E-state index >= 15 is 0 Å². The molecule has 0 saturated carbocycles. The second kappa shape index (κ2) is 2.81. The summed E-state index contributed by atoms with van der Waals surface area (Å²) in [6.45, 7) is 1.96. The molecule has 0 aliphatic rings. The van der Waals surface area contributed by atoms with Gasteiger partial charge in [0.05, 0.1) is 6.04 Å². The van der Waals surface area contributed by atoms with E-state index in [9.17, 15) is 0 Å². The molecule has 0 aliphatic carbocycles. The molecule has 0 spiro atoms. The van der Waals surface area contributed by atoms with Crippen LogP contribution < -0.4 is 11.3 Å². The number of imidazole rings is 1. The summed E-state index contributed by atoms with van der Waals surface area (Å²) >= 11 is 0. The van der Waals surface area contributed by atoms with Gasteiger partial charge in [-0.15, -0.1) is 0 Å². The minimum absolute atomic E-state index is 0.111. The summed E-state index contributed by atoms with van der Waals surface area (Å²) in [7, 11) is 1.94. The second-order valence-electron chi connectivity index (χ2n) is 2.28. The highest BCUT2D eigenvalue weighted by Gasteiger charge is 2.05. The Kier molecular flexibility index (Phi) is 2.03. The number of nitrogens with two attached hydrogens (primary N) is 1. The first-order valence-electron chi connectivity index (χ1n) is 3.19. The topological polar surface area (TPSA) is 55.9 Å². The van der Waals surface area contributed by atoms with Gasteiger partial charge in [-0.05, 0) is 6.92 Å². The van der Waals surface area contributed by atoms with Gasteiger partial charge in [-0.3, -0.25) is 11.3 Å². The minimum atomic E-state index is 0.111.